The Hall–Kier alpha value is -0.460. The number of benzene rings is 1. The SMILES string of the molecule is CC(N)C(c1ccc(Br)cc1)N1CCN(CCO)CC1. The normalized spacial score (nSPS) is 20.8. The Morgan fingerprint density at radius 3 is 2.30 bits per heavy atom. The van der Waals surface area contributed by atoms with Gasteiger partial charge in [-0.3, -0.25) is 9.80 Å². The second-order valence-electron chi connectivity index (χ2n) is 5.46. The van der Waals surface area contributed by atoms with Crippen molar-refractivity contribution in [3.8, 4) is 0 Å². The van der Waals surface area contributed by atoms with Crippen LogP contribution in [0.5, 0.6) is 0 Å². The third-order valence-corrected chi connectivity index (χ3v) is 4.45. The van der Waals surface area contributed by atoms with Crippen LogP contribution in [0.25, 0.3) is 0 Å². The lowest BCUT2D eigenvalue weighted by atomic mass is 9.98. The summed E-state index contributed by atoms with van der Waals surface area (Å²) < 4.78 is 1.09. The third kappa shape index (κ3) is 4.02. The molecule has 1 fully saturated rings. The average molecular weight is 342 g/mol. The average Bonchev–Trinajstić information content (AvgIpc) is 2.43. The van der Waals surface area contributed by atoms with Crippen molar-refractivity contribution in [1.29, 1.82) is 0 Å². The number of nitrogens with zero attached hydrogens (tertiary/aromatic N) is 2. The zero-order valence-corrected chi connectivity index (χ0v) is 13.6. The largest absolute Gasteiger partial charge is 0.395 e. The molecule has 1 saturated heterocycles. The molecular formula is C15H24BrN3O. The molecule has 0 spiro atoms. The first-order valence-electron chi connectivity index (χ1n) is 7.20. The second kappa shape index (κ2) is 7.52. The van der Waals surface area contributed by atoms with Crippen molar-refractivity contribution < 1.29 is 5.11 Å². The number of aliphatic hydroxyl groups is 1. The summed E-state index contributed by atoms with van der Waals surface area (Å²) in [7, 11) is 0. The van der Waals surface area contributed by atoms with Crippen LogP contribution in [0.15, 0.2) is 28.7 Å². The highest BCUT2D eigenvalue weighted by Crippen LogP contribution is 2.26. The molecule has 5 heteroatoms. The molecule has 20 heavy (non-hydrogen) atoms. The fraction of sp³-hybridized carbons (Fsp3) is 0.600. The first kappa shape index (κ1) is 15.9. The molecule has 0 amide bonds. The van der Waals surface area contributed by atoms with Crippen LogP contribution in [0.2, 0.25) is 0 Å². The maximum absolute atomic E-state index is 9.01. The van der Waals surface area contributed by atoms with Crippen molar-refractivity contribution in [3.05, 3.63) is 34.3 Å². The Bertz CT molecular complexity index is 402. The van der Waals surface area contributed by atoms with Gasteiger partial charge >= 0.3 is 0 Å². The first-order valence-corrected chi connectivity index (χ1v) is 7.99. The van der Waals surface area contributed by atoms with Crippen molar-refractivity contribution in [2.24, 2.45) is 5.73 Å². The molecule has 1 heterocycles. The van der Waals surface area contributed by atoms with Crippen LogP contribution in [0.3, 0.4) is 0 Å². The number of piperazine rings is 1. The van der Waals surface area contributed by atoms with Gasteiger partial charge in [0, 0.05) is 49.3 Å². The van der Waals surface area contributed by atoms with Crippen LogP contribution in [0.1, 0.15) is 18.5 Å². The number of β-amino-alcohol motifs (C(OH)–C–C–N with tert-alkyl or cyclic N) is 1. The minimum Gasteiger partial charge on any atom is -0.395 e. The molecule has 1 aliphatic rings. The molecule has 0 aliphatic carbocycles. The molecular weight excluding hydrogens is 318 g/mol. The molecule has 1 aromatic carbocycles. The summed E-state index contributed by atoms with van der Waals surface area (Å²) in [6.45, 7) is 7.09. The Labute approximate surface area is 129 Å². The van der Waals surface area contributed by atoms with Gasteiger partial charge in [0.1, 0.15) is 0 Å². The maximum Gasteiger partial charge on any atom is 0.0558 e. The number of rotatable bonds is 5. The highest BCUT2D eigenvalue weighted by atomic mass is 79.9. The van der Waals surface area contributed by atoms with Crippen LogP contribution in [0, 0.1) is 0 Å². The third-order valence-electron chi connectivity index (χ3n) is 3.93. The quantitative estimate of drug-likeness (QED) is 0.851. The summed E-state index contributed by atoms with van der Waals surface area (Å²) in [4.78, 5) is 4.76. The first-order chi connectivity index (χ1) is 9.61. The fourth-order valence-corrected chi connectivity index (χ4v) is 3.18. The molecule has 1 aromatic rings. The number of nitrogens with two attached hydrogens (primary N) is 1. The van der Waals surface area contributed by atoms with Gasteiger partial charge in [0.15, 0.2) is 0 Å². The summed E-state index contributed by atoms with van der Waals surface area (Å²) in [6.07, 6.45) is 0. The zero-order chi connectivity index (χ0) is 14.5. The van der Waals surface area contributed by atoms with E-state index in [2.05, 4.69) is 56.9 Å². The van der Waals surface area contributed by atoms with E-state index >= 15 is 0 Å². The van der Waals surface area contributed by atoms with Crippen molar-refractivity contribution in [1.82, 2.24) is 9.80 Å². The molecule has 0 bridgehead atoms. The van der Waals surface area contributed by atoms with Crippen molar-refractivity contribution >= 4 is 15.9 Å². The van der Waals surface area contributed by atoms with E-state index < -0.39 is 0 Å². The van der Waals surface area contributed by atoms with Gasteiger partial charge < -0.3 is 10.8 Å². The Morgan fingerprint density at radius 1 is 1.20 bits per heavy atom. The Morgan fingerprint density at radius 2 is 1.80 bits per heavy atom. The van der Waals surface area contributed by atoms with Crippen LogP contribution in [-0.2, 0) is 0 Å². The van der Waals surface area contributed by atoms with Gasteiger partial charge in [0.25, 0.3) is 0 Å². The molecule has 0 radical (unpaired) electrons. The number of hydrogen-bond acceptors (Lipinski definition) is 4. The number of hydrogen-bond donors (Lipinski definition) is 2. The molecule has 2 rings (SSSR count). The molecule has 3 N–H and O–H groups in total. The summed E-state index contributed by atoms with van der Waals surface area (Å²) in [6, 6.07) is 8.82. The van der Waals surface area contributed by atoms with E-state index in [9.17, 15) is 0 Å². The van der Waals surface area contributed by atoms with E-state index in [0.717, 1.165) is 37.2 Å². The lowest BCUT2D eigenvalue weighted by Crippen LogP contribution is -2.51. The molecule has 0 aromatic heterocycles. The van der Waals surface area contributed by atoms with E-state index in [1.54, 1.807) is 0 Å². The van der Waals surface area contributed by atoms with Gasteiger partial charge in [-0.25, -0.2) is 0 Å². The molecule has 0 saturated carbocycles. The fourth-order valence-electron chi connectivity index (χ4n) is 2.91. The zero-order valence-electron chi connectivity index (χ0n) is 12.0. The summed E-state index contributed by atoms with van der Waals surface area (Å²) in [5, 5.41) is 9.01. The minimum atomic E-state index is 0.0977. The predicted molar refractivity (Wildman–Crippen MR) is 85.6 cm³/mol. The van der Waals surface area contributed by atoms with Gasteiger partial charge in [-0.1, -0.05) is 28.1 Å². The number of aliphatic hydroxyl groups excluding tert-OH is 1. The van der Waals surface area contributed by atoms with E-state index in [-0.39, 0.29) is 18.7 Å². The molecule has 2 unspecified atom stereocenters. The highest BCUT2D eigenvalue weighted by molar-refractivity contribution is 9.10. The van der Waals surface area contributed by atoms with Crippen molar-refractivity contribution in [3.63, 3.8) is 0 Å². The van der Waals surface area contributed by atoms with Gasteiger partial charge in [-0.2, -0.15) is 0 Å². The standard InChI is InChI=1S/C15H24BrN3O/c1-12(17)15(13-2-4-14(16)5-3-13)19-8-6-18(7-9-19)10-11-20/h2-5,12,15,20H,6-11,17H2,1H3. The highest BCUT2D eigenvalue weighted by Gasteiger charge is 2.27. The summed E-state index contributed by atoms with van der Waals surface area (Å²) >= 11 is 3.48. The molecule has 112 valence electrons. The minimum absolute atomic E-state index is 0.0977. The Balaban J connectivity index is 2.05. The van der Waals surface area contributed by atoms with E-state index in [1.165, 1.54) is 5.56 Å². The Kier molecular flexibility index (Phi) is 5.99. The monoisotopic (exact) mass is 341 g/mol. The van der Waals surface area contributed by atoms with Gasteiger partial charge in [0.2, 0.25) is 0 Å². The van der Waals surface area contributed by atoms with Crippen LogP contribution in [-0.4, -0.2) is 60.3 Å². The maximum atomic E-state index is 9.01. The summed E-state index contributed by atoms with van der Waals surface area (Å²) in [5.41, 5.74) is 7.50. The topological polar surface area (TPSA) is 52.7 Å². The van der Waals surface area contributed by atoms with E-state index in [4.69, 9.17) is 10.8 Å². The molecule has 2 atom stereocenters. The van der Waals surface area contributed by atoms with Gasteiger partial charge in [0.05, 0.1) is 6.61 Å². The molecule has 4 nitrogen and oxygen atoms in total. The smallest absolute Gasteiger partial charge is 0.0558 e. The van der Waals surface area contributed by atoms with Gasteiger partial charge in [-0.05, 0) is 24.6 Å². The lowest BCUT2D eigenvalue weighted by Gasteiger charge is -2.40. The molecule has 1 aliphatic heterocycles. The second-order valence-corrected chi connectivity index (χ2v) is 6.37. The van der Waals surface area contributed by atoms with Gasteiger partial charge in [-0.15, -0.1) is 0 Å². The lowest BCUT2D eigenvalue weighted by molar-refractivity contribution is 0.0760. The van der Waals surface area contributed by atoms with E-state index in [0.29, 0.717) is 0 Å². The van der Waals surface area contributed by atoms with Crippen LogP contribution >= 0.6 is 15.9 Å². The van der Waals surface area contributed by atoms with Crippen molar-refractivity contribution in [2.45, 2.75) is 19.0 Å². The van der Waals surface area contributed by atoms with E-state index in [1.807, 2.05) is 0 Å². The van der Waals surface area contributed by atoms with Crippen LogP contribution in [0.4, 0.5) is 0 Å². The number of halogens is 1. The van der Waals surface area contributed by atoms with Crippen LogP contribution < -0.4 is 5.73 Å². The predicted octanol–water partition coefficient (Wildman–Crippen LogP) is 1.45. The summed E-state index contributed by atoms with van der Waals surface area (Å²) in [5.74, 6) is 0. The van der Waals surface area contributed by atoms with Crippen molar-refractivity contribution in [2.75, 3.05) is 39.3 Å².